The Morgan fingerprint density at radius 1 is 1.29 bits per heavy atom. The molecule has 0 saturated carbocycles. The summed E-state index contributed by atoms with van der Waals surface area (Å²) in [6.45, 7) is 4.16. The summed E-state index contributed by atoms with van der Waals surface area (Å²) in [4.78, 5) is 25.0. The predicted octanol–water partition coefficient (Wildman–Crippen LogP) is 2.46. The van der Waals surface area contributed by atoms with Gasteiger partial charge in [0.05, 0.1) is 16.9 Å². The van der Waals surface area contributed by atoms with E-state index in [9.17, 15) is 4.79 Å². The number of nitrogens with one attached hydrogen (secondary N) is 1. The molecular formula is C21H18N6O. The average Bonchev–Trinajstić information content (AvgIpc) is 3.25. The van der Waals surface area contributed by atoms with E-state index >= 15 is 0 Å². The smallest absolute Gasteiger partial charge is 0.243 e. The van der Waals surface area contributed by atoms with Gasteiger partial charge >= 0.3 is 0 Å². The summed E-state index contributed by atoms with van der Waals surface area (Å²) >= 11 is 0. The van der Waals surface area contributed by atoms with Gasteiger partial charge in [0.2, 0.25) is 5.91 Å². The summed E-state index contributed by atoms with van der Waals surface area (Å²) in [5.41, 5.74) is 11.0. The van der Waals surface area contributed by atoms with E-state index in [2.05, 4.69) is 37.5 Å². The van der Waals surface area contributed by atoms with Gasteiger partial charge in [-0.1, -0.05) is 24.8 Å². The van der Waals surface area contributed by atoms with E-state index < -0.39 is 0 Å². The van der Waals surface area contributed by atoms with Crippen LogP contribution in [-0.4, -0.2) is 31.5 Å². The van der Waals surface area contributed by atoms with Gasteiger partial charge in [-0.2, -0.15) is 0 Å². The molecule has 3 aromatic heterocycles. The first-order valence-electron chi connectivity index (χ1n) is 9.05. The molecule has 4 aromatic rings. The third kappa shape index (κ3) is 2.44. The SMILES string of the molecule is C=CC(=O)N[C@H]1Cc2c(-c3cnc4ccccc4c3)c3c(N)ncnc3n2C1. The second-order valence-corrected chi connectivity index (χ2v) is 6.92. The molecule has 0 fully saturated rings. The predicted molar refractivity (Wildman–Crippen MR) is 109 cm³/mol. The van der Waals surface area contributed by atoms with Gasteiger partial charge in [0.25, 0.3) is 0 Å². The number of anilines is 1. The topological polar surface area (TPSA) is 98.7 Å². The Labute approximate surface area is 160 Å². The van der Waals surface area contributed by atoms with Crippen molar-refractivity contribution in [2.45, 2.75) is 19.0 Å². The number of fused-ring (bicyclic) bond motifs is 4. The summed E-state index contributed by atoms with van der Waals surface area (Å²) in [7, 11) is 0. The lowest BCUT2D eigenvalue weighted by Gasteiger charge is -2.11. The highest BCUT2D eigenvalue weighted by molar-refractivity contribution is 6.03. The molecule has 1 amide bonds. The van der Waals surface area contributed by atoms with Crippen LogP contribution >= 0.6 is 0 Å². The molecule has 5 rings (SSSR count). The first-order valence-corrected chi connectivity index (χ1v) is 9.05. The molecule has 3 N–H and O–H groups in total. The Hall–Kier alpha value is -3.74. The van der Waals surface area contributed by atoms with E-state index in [0.29, 0.717) is 18.8 Å². The number of aromatic nitrogens is 4. The molecule has 1 aromatic carbocycles. The highest BCUT2D eigenvalue weighted by Gasteiger charge is 2.31. The van der Waals surface area contributed by atoms with Crippen molar-refractivity contribution in [3.05, 3.63) is 61.2 Å². The molecule has 138 valence electrons. The number of hydrogen-bond donors (Lipinski definition) is 2. The Morgan fingerprint density at radius 2 is 2.14 bits per heavy atom. The highest BCUT2D eigenvalue weighted by atomic mass is 16.1. The lowest BCUT2D eigenvalue weighted by molar-refractivity contribution is -0.117. The number of nitrogens with zero attached hydrogens (tertiary/aromatic N) is 4. The van der Waals surface area contributed by atoms with Crippen LogP contribution in [0.15, 0.2) is 55.5 Å². The Balaban J connectivity index is 1.71. The highest BCUT2D eigenvalue weighted by Crippen LogP contribution is 2.40. The minimum Gasteiger partial charge on any atom is -0.383 e. The average molecular weight is 370 g/mol. The quantitative estimate of drug-likeness (QED) is 0.540. The van der Waals surface area contributed by atoms with Gasteiger partial charge in [0, 0.05) is 41.4 Å². The van der Waals surface area contributed by atoms with Gasteiger partial charge in [-0.3, -0.25) is 9.78 Å². The van der Waals surface area contributed by atoms with Crippen LogP contribution in [-0.2, 0) is 17.8 Å². The Morgan fingerprint density at radius 3 is 3.00 bits per heavy atom. The molecule has 0 bridgehead atoms. The zero-order valence-electron chi connectivity index (χ0n) is 15.1. The fraction of sp³-hybridized carbons (Fsp3) is 0.143. The van der Waals surface area contributed by atoms with Crippen LogP contribution in [0.25, 0.3) is 33.1 Å². The Bertz CT molecular complexity index is 1260. The van der Waals surface area contributed by atoms with Crippen molar-refractivity contribution in [2.24, 2.45) is 0 Å². The number of amides is 1. The Kier molecular flexibility index (Phi) is 3.61. The normalized spacial score (nSPS) is 15.6. The van der Waals surface area contributed by atoms with Crippen molar-refractivity contribution in [2.75, 3.05) is 5.73 Å². The van der Waals surface area contributed by atoms with Crippen molar-refractivity contribution >= 4 is 33.7 Å². The molecule has 0 unspecified atom stereocenters. The zero-order chi connectivity index (χ0) is 19.3. The largest absolute Gasteiger partial charge is 0.383 e. The first-order chi connectivity index (χ1) is 13.7. The molecule has 1 atom stereocenters. The molecule has 28 heavy (non-hydrogen) atoms. The minimum absolute atomic E-state index is 0.0201. The van der Waals surface area contributed by atoms with Gasteiger partial charge in [0.15, 0.2) is 0 Å². The molecule has 0 spiro atoms. The monoisotopic (exact) mass is 370 g/mol. The third-order valence-electron chi connectivity index (χ3n) is 5.23. The molecule has 1 aliphatic rings. The second-order valence-electron chi connectivity index (χ2n) is 6.92. The summed E-state index contributed by atoms with van der Waals surface area (Å²) in [5.74, 6) is 0.268. The summed E-state index contributed by atoms with van der Waals surface area (Å²) in [6.07, 6.45) is 5.31. The maximum Gasteiger partial charge on any atom is 0.243 e. The molecule has 0 radical (unpaired) electrons. The van der Waals surface area contributed by atoms with Crippen LogP contribution in [0.1, 0.15) is 5.69 Å². The second kappa shape index (κ2) is 6.16. The van der Waals surface area contributed by atoms with Crippen molar-refractivity contribution in [1.82, 2.24) is 24.8 Å². The van der Waals surface area contributed by atoms with Crippen LogP contribution in [0.2, 0.25) is 0 Å². The number of rotatable bonds is 3. The van der Waals surface area contributed by atoms with Crippen molar-refractivity contribution < 1.29 is 4.79 Å². The number of hydrogen-bond acceptors (Lipinski definition) is 5. The minimum atomic E-state index is -0.178. The first kappa shape index (κ1) is 16.4. The molecule has 7 nitrogen and oxygen atoms in total. The van der Waals surface area contributed by atoms with Crippen LogP contribution < -0.4 is 11.1 Å². The molecular weight excluding hydrogens is 352 g/mol. The lowest BCUT2D eigenvalue weighted by atomic mass is 10.0. The van der Waals surface area contributed by atoms with Crippen LogP contribution in [0, 0.1) is 0 Å². The van der Waals surface area contributed by atoms with Gasteiger partial charge < -0.3 is 15.6 Å². The van der Waals surface area contributed by atoms with Gasteiger partial charge in [-0.25, -0.2) is 9.97 Å². The maximum atomic E-state index is 11.8. The molecule has 4 heterocycles. The number of carbonyl (C=O) groups excluding carboxylic acids is 1. The standard InChI is InChI=1S/C21H18N6O/c1-2-17(28)26-14-8-16-18(13-7-12-5-3-4-6-15(12)23-9-13)19-20(22)24-11-25-21(19)27(16)10-14/h2-7,9,11,14H,1,8,10H2,(H,26,28)(H2,22,24,25)/t14-/m0/s1. The molecule has 1 aliphatic heterocycles. The van der Waals surface area contributed by atoms with E-state index in [1.165, 1.54) is 12.4 Å². The van der Waals surface area contributed by atoms with E-state index in [1.807, 2.05) is 30.5 Å². The maximum absolute atomic E-state index is 11.8. The van der Waals surface area contributed by atoms with Gasteiger partial charge in [0.1, 0.15) is 17.8 Å². The van der Waals surface area contributed by atoms with Crippen LogP contribution in [0.5, 0.6) is 0 Å². The summed E-state index contributed by atoms with van der Waals surface area (Å²) < 4.78 is 2.12. The van der Waals surface area contributed by atoms with E-state index in [0.717, 1.165) is 38.8 Å². The number of benzene rings is 1. The third-order valence-corrected chi connectivity index (χ3v) is 5.23. The zero-order valence-corrected chi connectivity index (χ0v) is 15.1. The number of nitrogen functional groups attached to an aromatic ring is 1. The number of para-hydroxylation sites is 1. The van der Waals surface area contributed by atoms with Gasteiger partial charge in [-0.05, 0) is 18.2 Å². The van der Waals surface area contributed by atoms with Crippen molar-refractivity contribution in [1.29, 1.82) is 0 Å². The molecule has 0 saturated heterocycles. The van der Waals surface area contributed by atoms with Crippen LogP contribution in [0.4, 0.5) is 5.82 Å². The number of pyridine rings is 1. The summed E-state index contributed by atoms with van der Waals surface area (Å²) in [5, 5.41) is 4.87. The molecule has 7 heteroatoms. The number of nitrogens with two attached hydrogens (primary N) is 1. The van der Waals surface area contributed by atoms with Gasteiger partial charge in [-0.15, -0.1) is 0 Å². The fourth-order valence-corrected chi connectivity index (χ4v) is 4.04. The van der Waals surface area contributed by atoms with E-state index in [1.54, 1.807) is 0 Å². The number of carbonyl (C=O) groups is 1. The lowest BCUT2D eigenvalue weighted by Crippen LogP contribution is -2.34. The van der Waals surface area contributed by atoms with E-state index in [-0.39, 0.29) is 11.9 Å². The van der Waals surface area contributed by atoms with E-state index in [4.69, 9.17) is 5.73 Å². The van der Waals surface area contributed by atoms with Crippen LogP contribution in [0.3, 0.4) is 0 Å². The van der Waals surface area contributed by atoms with Crippen molar-refractivity contribution in [3.63, 3.8) is 0 Å². The summed E-state index contributed by atoms with van der Waals surface area (Å²) in [6, 6.07) is 10.1. The van der Waals surface area contributed by atoms with Crippen molar-refractivity contribution in [3.8, 4) is 11.1 Å². The fourth-order valence-electron chi connectivity index (χ4n) is 4.04. The molecule has 0 aliphatic carbocycles.